The second kappa shape index (κ2) is 5.50. The lowest BCUT2D eigenvalue weighted by atomic mass is 10.1. The van der Waals surface area contributed by atoms with Crippen LogP contribution >= 0.6 is 0 Å². The standard InChI is InChI=1S/C10H9N.C4H10/c1-8-4-2-5-9-6-3-7-11-10(8)9;1-4(2)3/h2-7H,1H3;4H,1-3H3. The second-order valence-corrected chi connectivity index (χ2v) is 4.38. The minimum absolute atomic E-state index is 0.833. The lowest BCUT2D eigenvalue weighted by Crippen LogP contribution is -1.80. The van der Waals surface area contributed by atoms with Crippen molar-refractivity contribution in [1.29, 1.82) is 0 Å². The van der Waals surface area contributed by atoms with E-state index in [1.54, 1.807) is 0 Å². The first-order valence-corrected chi connectivity index (χ1v) is 5.41. The van der Waals surface area contributed by atoms with Gasteiger partial charge < -0.3 is 0 Å². The van der Waals surface area contributed by atoms with Gasteiger partial charge in [-0.2, -0.15) is 0 Å². The molecule has 0 radical (unpaired) electrons. The summed E-state index contributed by atoms with van der Waals surface area (Å²) >= 11 is 0. The molecule has 1 aromatic heterocycles. The number of para-hydroxylation sites is 1. The molecule has 1 heteroatoms. The van der Waals surface area contributed by atoms with Crippen LogP contribution in [0.3, 0.4) is 0 Å². The van der Waals surface area contributed by atoms with E-state index in [2.05, 4.69) is 56.9 Å². The Bertz CT molecular complexity index is 410. The summed E-state index contributed by atoms with van der Waals surface area (Å²) in [7, 11) is 0. The van der Waals surface area contributed by atoms with E-state index in [-0.39, 0.29) is 0 Å². The molecule has 0 aliphatic rings. The van der Waals surface area contributed by atoms with Crippen molar-refractivity contribution in [1.82, 2.24) is 4.98 Å². The van der Waals surface area contributed by atoms with Gasteiger partial charge in [0.2, 0.25) is 0 Å². The maximum atomic E-state index is 4.28. The number of hydrogen-bond acceptors (Lipinski definition) is 1. The summed E-state index contributed by atoms with van der Waals surface area (Å²) in [5.74, 6) is 0.833. The minimum atomic E-state index is 0.833. The normalized spacial score (nSPS) is 9.93. The molecule has 0 fully saturated rings. The van der Waals surface area contributed by atoms with E-state index >= 15 is 0 Å². The van der Waals surface area contributed by atoms with Crippen LogP contribution in [-0.4, -0.2) is 4.98 Å². The number of aryl methyl sites for hydroxylation is 1. The summed E-state index contributed by atoms with van der Waals surface area (Å²) in [5, 5.41) is 1.22. The first kappa shape index (κ1) is 11.7. The molecule has 0 aliphatic heterocycles. The van der Waals surface area contributed by atoms with Gasteiger partial charge in [0, 0.05) is 11.6 Å². The molecule has 0 unspecified atom stereocenters. The summed E-state index contributed by atoms with van der Waals surface area (Å²) in [6.45, 7) is 8.58. The molecule has 0 saturated carbocycles. The Kier molecular flexibility index (Phi) is 4.29. The zero-order valence-corrected chi connectivity index (χ0v) is 9.99. The number of fused-ring (bicyclic) bond motifs is 1. The molecule has 1 heterocycles. The third-order valence-corrected chi connectivity index (χ3v) is 1.83. The molecule has 0 bridgehead atoms. The van der Waals surface area contributed by atoms with Crippen LogP contribution in [0.2, 0.25) is 0 Å². The summed E-state index contributed by atoms with van der Waals surface area (Å²) in [5.41, 5.74) is 2.35. The van der Waals surface area contributed by atoms with Gasteiger partial charge in [0.25, 0.3) is 0 Å². The molecule has 1 aromatic carbocycles. The molecule has 0 N–H and O–H groups in total. The molecule has 0 spiro atoms. The van der Waals surface area contributed by atoms with E-state index in [1.165, 1.54) is 10.9 Å². The molecule has 80 valence electrons. The van der Waals surface area contributed by atoms with Crippen LogP contribution in [0, 0.1) is 12.8 Å². The number of rotatable bonds is 0. The maximum Gasteiger partial charge on any atom is 0.0731 e. The van der Waals surface area contributed by atoms with Gasteiger partial charge in [-0.15, -0.1) is 0 Å². The van der Waals surface area contributed by atoms with Crippen molar-refractivity contribution in [3.05, 3.63) is 42.1 Å². The van der Waals surface area contributed by atoms with Crippen molar-refractivity contribution in [2.45, 2.75) is 27.7 Å². The topological polar surface area (TPSA) is 12.9 Å². The molecule has 15 heavy (non-hydrogen) atoms. The molecular formula is C14H19N. The Morgan fingerprint density at radius 2 is 1.60 bits per heavy atom. The van der Waals surface area contributed by atoms with Gasteiger partial charge in [0.1, 0.15) is 0 Å². The molecule has 0 amide bonds. The third kappa shape index (κ3) is 3.70. The number of aromatic nitrogens is 1. The lowest BCUT2D eigenvalue weighted by Gasteiger charge is -1.97. The zero-order valence-electron chi connectivity index (χ0n) is 9.99. The number of hydrogen-bond donors (Lipinski definition) is 0. The first-order valence-electron chi connectivity index (χ1n) is 5.41. The largest absolute Gasteiger partial charge is 0.256 e. The molecular weight excluding hydrogens is 182 g/mol. The average Bonchev–Trinajstić information content (AvgIpc) is 2.18. The number of pyridine rings is 1. The summed E-state index contributed by atoms with van der Waals surface area (Å²) in [6.07, 6.45) is 1.83. The van der Waals surface area contributed by atoms with Crippen molar-refractivity contribution >= 4 is 10.9 Å². The molecule has 2 aromatic rings. The highest BCUT2D eigenvalue weighted by Gasteiger charge is 1.93. The van der Waals surface area contributed by atoms with E-state index in [9.17, 15) is 0 Å². The molecule has 2 rings (SSSR count). The number of nitrogens with zero attached hydrogens (tertiary/aromatic N) is 1. The van der Waals surface area contributed by atoms with Crippen molar-refractivity contribution in [3.8, 4) is 0 Å². The molecule has 1 nitrogen and oxygen atoms in total. The van der Waals surface area contributed by atoms with Crippen molar-refractivity contribution in [2.75, 3.05) is 0 Å². The zero-order chi connectivity index (χ0) is 11.3. The summed E-state index contributed by atoms with van der Waals surface area (Å²) in [4.78, 5) is 4.28. The van der Waals surface area contributed by atoms with Crippen LogP contribution in [0.5, 0.6) is 0 Å². The van der Waals surface area contributed by atoms with Gasteiger partial charge in [-0.3, -0.25) is 4.98 Å². The summed E-state index contributed by atoms with van der Waals surface area (Å²) < 4.78 is 0. The van der Waals surface area contributed by atoms with Crippen molar-refractivity contribution in [2.24, 2.45) is 5.92 Å². The molecule has 0 saturated heterocycles. The fraction of sp³-hybridized carbons (Fsp3) is 0.357. The smallest absolute Gasteiger partial charge is 0.0731 e. The van der Waals surface area contributed by atoms with Gasteiger partial charge in [-0.05, 0) is 24.5 Å². The van der Waals surface area contributed by atoms with E-state index in [1.807, 2.05) is 12.3 Å². The summed E-state index contributed by atoms with van der Waals surface area (Å²) in [6, 6.07) is 10.3. The van der Waals surface area contributed by atoms with Gasteiger partial charge in [0.05, 0.1) is 5.52 Å². The monoisotopic (exact) mass is 201 g/mol. The minimum Gasteiger partial charge on any atom is -0.256 e. The highest BCUT2D eigenvalue weighted by molar-refractivity contribution is 5.81. The van der Waals surface area contributed by atoms with E-state index in [0.29, 0.717) is 0 Å². The Hall–Kier alpha value is -1.37. The van der Waals surface area contributed by atoms with Crippen LogP contribution in [0.25, 0.3) is 10.9 Å². The molecule has 0 aliphatic carbocycles. The van der Waals surface area contributed by atoms with Crippen LogP contribution < -0.4 is 0 Å². The van der Waals surface area contributed by atoms with Crippen molar-refractivity contribution < 1.29 is 0 Å². The van der Waals surface area contributed by atoms with Gasteiger partial charge in [-0.25, -0.2) is 0 Å². The van der Waals surface area contributed by atoms with Crippen molar-refractivity contribution in [3.63, 3.8) is 0 Å². The predicted octanol–water partition coefficient (Wildman–Crippen LogP) is 4.21. The first-order chi connectivity index (χ1) is 7.11. The van der Waals surface area contributed by atoms with Crippen LogP contribution in [-0.2, 0) is 0 Å². The fourth-order valence-corrected chi connectivity index (χ4v) is 1.26. The Balaban J connectivity index is 0.000000245. The van der Waals surface area contributed by atoms with Crippen LogP contribution in [0.15, 0.2) is 36.5 Å². The fourth-order valence-electron chi connectivity index (χ4n) is 1.26. The van der Waals surface area contributed by atoms with Crippen LogP contribution in [0.4, 0.5) is 0 Å². The second-order valence-electron chi connectivity index (χ2n) is 4.38. The van der Waals surface area contributed by atoms with Gasteiger partial charge in [-0.1, -0.05) is 45.0 Å². The Labute approximate surface area is 92.2 Å². The van der Waals surface area contributed by atoms with E-state index < -0.39 is 0 Å². The Morgan fingerprint density at radius 1 is 1.00 bits per heavy atom. The average molecular weight is 201 g/mol. The number of benzene rings is 1. The highest BCUT2D eigenvalue weighted by Crippen LogP contribution is 2.13. The maximum absolute atomic E-state index is 4.28. The Morgan fingerprint density at radius 3 is 2.20 bits per heavy atom. The molecule has 0 atom stereocenters. The van der Waals surface area contributed by atoms with E-state index in [4.69, 9.17) is 0 Å². The third-order valence-electron chi connectivity index (χ3n) is 1.83. The quantitative estimate of drug-likeness (QED) is 0.622. The van der Waals surface area contributed by atoms with Gasteiger partial charge >= 0.3 is 0 Å². The SMILES string of the molecule is CC(C)C.Cc1cccc2cccnc12. The highest BCUT2D eigenvalue weighted by atomic mass is 14.6. The van der Waals surface area contributed by atoms with Gasteiger partial charge in [0.15, 0.2) is 0 Å². The predicted molar refractivity (Wildman–Crippen MR) is 67.0 cm³/mol. The van der Waals surface area contributed by atoms with Crippen LogP contribution in [0.1, 0.15) is 26.3 Å². The van der Waals surface area contributed by atoms with E-state index in [0.717, 1.165) is 11.4 Å². The lowest BCUT2D eigenvalue weighted by molar-refractivity contribution is 0.737.